The molecule has 0 aliphatic carbocycles. The van der Waals surface area contributed by atoms with Gasteiger partial charge in [0.25, 0.3) is 0 Å². The summed E-state index contributed by atoms with van der Waals surface area (Å²) in [6.45, 7) is 0.721. The van der Waals surface area contributed by atoms with E-state index in [2.05, 4.69) is 25.9 Å². The van der Waals surface area contributed by atoms with E-state index in [4.69, 9.17) is 4.74 Å². The summed E-state index contributed by atoms with van der Waals surface area (Å²) in [7, 11) is 1.41. The molecule has 2 N–H and O–H groups in total. The minimum atomic E-state index is -0.488. The van der Waals surface area contributed by atoms with Crippen molar-refractivity contribution in [3.8, 4) is 22.8 Å². The normalized spacial score (nSPS) is 12.3. The number of rotatable bonds is 6. The number of hydrogen-bond donors (Lipinski definition) is 2. The molecule has 0 amide bonds. The molecule has 2 aromatic heterocycles. The summed E-state index contributed by atoms with van der Waals surface area (Å²) in [6, 6.07) is 16.9. The molecule has 0 saturated carbocycles. The highest BCUT2D eigenvalue weighted by Crippen LogP contribution is 2.41. The number of nitrogens with zero attached hydrogens (tertiary/aromatic N) is 3. The minimum absolute atomic E-state index is 0.155. The standard InChI is InChI=1S/C28H22F2N4O2/c1-36-25-7-6-19(15-22(25)30)32-28-31-10-8-23(33-28)18-12-17-9-11-34-24(27(35)20(13-18)26(17)34)14-16-4-2-3-5-21(16)29/h2-8,10,12-13,15,35H,9,11,14H2,1H3,(H,31,32,33). The molecular formula is C28H22F2N4O2. The first-order valence-corrected chi connectivity index (χ1v) is 11.6. The Balaban J connectivity index is 1.36. The molecule has 8 heteroatoms. The van der Waals surface area contributed by atoms with E-state index in [0.29, 0.717) is 35.0 Å². The summed E-state index contributed by atoms with van der Waals surface area (Å²) in [5, 5.41) is 14.9. The average Bonchev–Trinajstić information content (AvgIpc) is 3.42. The molecule has 6 nitrogen and oxygen atoms in total. The predicted molar refractivity (Wildman–Crippen MR) is 134 cm³/mol. The second-order valence-corrected chi connectivity index (χ2v) is 8.74. The number of ether oxygens (including phenoxy) is 1. The van der Waals surface area contributed by atoms with Crippen LogP contribution in [0, 0.1) is 11.6 Å². The molecule has 0 fully saturated rings. The summed E-state index contributed by atoms with van der Waals surface area (Å²) in [5.41, 5.74) is 5.31. The zero-order valence-electron chi connectivity index (χ0n) is 19.4. The monoisotopic (exact) mass is 484 g/mol. The third-order valence-corrected chi connectivity index (χ3v) is 6.59. The lowest BCUT2D eigenvalue weighted by Crippen LogP contribution is -2.02. The maximum atomic E-state index is 14.3. The summed E-state index contributed by atoms with van der Waals surface area (Å²) in [6.07, 6.45) is 2.75. The first kappa shape index (κ1) is 22.0. The van der Waals surface area contributed by atoms with Crippen LogP contribution in [0.5, 0.6) is 11.5 Å². The molecule has 0 saturated heterocycles. The molecule has 0 spiro atoms. The Hall–Kier alpha value is -4.46. The highest BCUT2D eigenvalue weighted by molar-refractivity contribution is 5.95. The Labute approximate surface area is 205 Å². The van der Waals surface area contributed by atoms with Gasteiger partial charge in [-0.15, -0.1) is 0 Å². The lowest BCUT2D eigenvalue weighted by atomic mass is 10.0. The van der Waals surface area contributed by atoms with Crippen LogP contribution in [0.25, 0.3) is 22.2 Å². The van der Waals surface area contributed by atoms with Crippen molar-refractivity contribution >= 4 is 22.5 Å². The zero-order valence-corrected chi connectivity index (χ0v) is 19.4. The van der Waals surface area contributed by atoms with Gasteiger partial charge in [-0.1, -0.05) is 18.2 Å². The molecule has 3 heterocycles. The van der Waals surface area contributed by atoms with Crippen LogP contribution in [-0.2, 0) is 19.4 Å². The van der Waals surface area contributed by atoms with Gasteiger partial charge in [-0.05, 0) is 53.9 Å². The molecule has 0 unspecified atom stereocenters. The van der Waals surface area contributed by atoms with Crippen molar-refractivity contribution in [2.45, 2.75) is 19.4 Å². The van der Waals surface area contributed by atoms with Gasteiger partial charge in [-0.25, -0.2) is 18.7 Å². The number of anilines is 2. The van der Waals surface area contributed by atoms with Crippen molar-refractivity contribution in [3.05, 3.63) is 95.3 Å². The van der Waals surface area contributed by atoms with E-state index in [1.165, 1.54) is 25.3 Å². The van der Waals surface area contributed by atoms with E-state index in [0.717, 1.165) is 35.0 Å². The number of aromatic nitrogens is 3. The van der Waals surface area contributed by atoms with Crippen molar-refractivity contribution in [3.63, 3.8) is 0 Å². The molecule has 0 bridgehead atoms. The molecule has 0 radical (unpaired) electrons. The van der Waals surface area contributed by atoms with Crippen LogP contribution >= 0.6 is 0 Å². The first-order chi connectivity index (χ1) is 17.5. The molecule has 36 heavy (non-hydrogen) atoms. The maximum absolute atomic E-state index is 14.3. The van der Waals surface area contributed by atoms with Gasteiger partial charge in [-0.3, -0.25) is 0 Å². The quantitative estimate of drug-likeness (QED) is 0.310. The van der Waals surface area contributed by atoms with Gasteiger partial charge in [0.1, 0.15) is 11.6 Å². The van der Waals surface area contributed by atoms with E-state index < -0.39 is 5.82 Å². The van der Waals surface area contributed by atoms with E-state index in [1.54, 1.807) is 36.5 Å². The highest BCUT2D eigenvalue weighted by Gasteiger charge is 2.25. The number of hydrogen-bond acceptors (Lipinski definition) is 5. The Morgan fingerprint density at radius 1 is 1.06 bits per heavy atom. The molecule has 1 aliphatic heterocycles. The van der Waals surface area contributed by atoms with Crippen molar-refractivity contribution in [2.75, 3.05) is 12.4 Å². The van der Waals surface area contributed by atoms with Gasteiger partial charge >= 0.3 is 0 Å². The Kier molecular flexibility index (Phi) is 5.29. The van der Waals surface area contributed by atoms with E-state index in [-0.39, 0.29) is 17.3 Å². The third kappa shape index (κ3) is 3.71. The summed E-state index contributed by atoms with van der Waals surface area (Å²) in [5.74, 6) is -0.139. The van der Waals surface area contributed by atoms with E-state index in [1.807, 2.05) is 6.07 Å². The van der Waals surface area contributed by atoms with Crippen LogP contribution in [-0.4, -0.2) is 26.8 Å². The molecule has 0 atom stereocenters. The number of aryl methyl sites for hydroxylation is 2. The van der Waals surface area contributed by atoms with Crippen molar-refractivity contribution < 1.29 is 18.6 Å². The third-order valence-electron chi connectivity index (χ3n) is 6.59. The fraction of sp³-hybridized carbons (Fsp3) is 0.143. The van der Waals surface area contributed by atoms with Gasteiger partial charge in [0.05, 0.1) is 24.0 Å². The molecule has 6 rings (SSSR count). The van der Waals surface area contributed by atoms with E-state index in [9.17, 15) is 13.9 Å². The SMILES string of the molecule is COc1ccc(Nc2nccc(-c3cc4c5c(c3)c(O)c(Cc3ccccc3F)n5CC4)n2)cc1F. The Morgan fingerprint density at radius 3 is 2.72 bits per heavy atom. The number of aromatic hydroxyl groups is 1. The first-order valence-electron chi connectivity index (χ1n) is 11.6. The second kappa shape index (κ2) is 8.64. The van der Waals surface area contributed by atoms with Crippen molar-refractivity contribution in [1.82, 2.24) is 14.5 Å². The lowest BCUT2D eigenvalue weighted by molar-refractivity contribution is 0.386. The number of halogens is 2. The summed E-state index contributed by atoms with van der Waals surface area (Å²) in [4.78, 5) is 8.87. The molecule has 5 aromatic rings. The predicted octanol–water partition coefficient (Wildman–Crippen LogP) is 5.98. The number of nitrogens with one attached hydrogen (secondary N) is 1. The average molecular weight is 485 g/mol. The summed E-state index contributed by atoms with van der Waals surface area (Å²) >= 11 is 0. The summed E-state index contributed by atoms with van der Waals surface area (Å²) < 4.78 is 35.4. The lowest BCUT2D eigenvalue weighted by Gasteiger charge is -2.09. The molecule has 3 aromatic carbocycles. The Morgan fingerprint density at radius 2 is 1.92 bits per heavy atom. The molecule has 1 aliphatic rings. The Bertz CT molecular complexity index is 1630. The van der Waals surface area contributed by atoms with Crippen LogP contribution in [0.4, 0.5) is 20.4 Å². The van der Waals surface area contributed by atoms with Crippen LogP contribution in [0.1, 0.15) is 16.8 Å². The van der Waals surface area contributed by atoms with Crippen LogP contribution in [0.3, 0.4) is 0 Å². The van der Waals surface area contributed by atoms with Gasteiger partial charge in [-0.2, -0.15) is 0 Å². The smallest absolute Gasteiger partial charge is 0.227 e. The topological polar surface area (TPSA) is 72.2 Å². The van der Waals surface area contributed by atoms with Gasteiger partial charge in [0.15, 0.2) is 11.6 Å². The minimum Gasteiger partial charge on any atom is -0.505 e. The van der Waals surface area contributed by atoms with Crippen LogP contribution in [0.2, 0.25) is 0 Å². The van der Waals surface area contributed by atoms with Gasteiger partial charge in [0.2, 0.25) is 5.95 Å². The van der Waals surface area contributed by atoms with Crippen LogP contribution in [0.15, 0.2) is 66.9 Å². The van der Waals surface area contributed by atoms with Crippen molar-refractivity contribution in [2.24, 2.45) is 0 Å². The zero-order chi connectivity index (χ0) is 24.8. The fourth-order valence-corrected chi connectivity index (χ4v) is 4.88. The number of methoxy groups -OCH3 is 1. The highest BCUT2D eigenvalue weighted by atomic mass is 19.1. The largest absolute Gasteiger partial charge is 0.505 e. The van der Waals surface area contributed by atoms with Crippen LogP contribution < -0.4 is 10.1 Å². The molecule has 180 valence electrons. The second-order valence-electron chi connectivity index (χ2n) is 8.74. The van der Waals surface area contributed by atoms with Crippen molar-refractivity contribution in [1.29, 1.82) is 0 Å². The van der Waals surface area contributed by atoms with Gasteiger partial charge in [0, 0.05) is 41.9 Å². The fourth-order valence-electron chi connectivity index (χ4n) is 4.88. The van der Waals surface area contributed by atoms with E-state index >= 15 is 0 Å². The van der Waals surface area contributed by atoms with Gasteiger partial charge < -0.3 is 19.7 Å². The molecular weight excluding hydrogens is 462 g/mol. The maximum Gasteiger partial charge on any atom is 0.227 e. The number of benzene rings is 3.